The molecule has 0 saturated heterocycles. The lowest BCUT2D eigenvalue weighted by atomic mass is 10.2. The first-order valence-corrected chi connectivity index (χ1v) is 9.67. The second-order valence-electron chi connectivity index (χ2n) is 6.26. The first kappa shape index (κ1) is 20.2. The summed E-state index contributed by atoms with van der Waals surface area (Å²) in [6, 6.07) is 8.15. The zero-order valence-electron chi connectivity index (χ0n) is 16.1. The van der Waals surface area contributed by atoms with E-state index in [9.17, 15) is 0 Å². The number of nitrogens with one attached hydrogen (secondary N) is 2. The van der Waals surface area contributed by atoms with Gasteiger partial charge in [-0.15, -0.1) is 11.3 Å². The van der Waals surface area contributed by atoms with Crippen molar-refractivity contribution in [1.29, 1.82) is 0 Å². The smallest absolute Gasteiger partial charge is 0.191 e. The normalized spacial score (nSPS) is 11.7. The van der Waals surface area contributed by atoms with Gasteiger partial charge >= 0.3 is 0 Å². The van der Waals surface area contributed by atoms with Crippen LogP contribution >= 0.6 is 11.3 Å². The summed E-state index contributed by atoms with van der Waals surface area (Å²) in [5.74, 6) is 1.68. The molecule has 142 valence electrons. The van der Waals surface area contributed by atoms with E-state index in [-0.39, 0.29) is 0 Å². The van der Waals surface area contributed by atoms with Crippen molar-refractivity contribution in [3.63, 3.8) is 0 Å². The van der Waals surface area contributed by atoms with Crippen LogP contribution in [0.3, 0.4) is 0 Å². The van der Waals surface area contributed by atoms with Crippen LogP contribution in [0.1, 0.15) is 16.3 Å². The summed E-state index contributed by atoms with van der Waals surface area (Å²) >= 11 is 1.69. The molecule has 0 atom stereocenters. The van der Waals surface area contributed by atoms with Gasteiger partial charge in [0.15, 0.2) is 5.96 Å². The Morgan fingerprint density at radius 2 is 2.15 bits per heavy atom. The molecule has 1 aromatic carbocycles. The van der Waals surface area contributed by atoms with Crippen molar-refractivity contribution >= 4 is 17.3 Å². The molecule has 1 heterocycles. The number of aliphatic imine (C=N–C) groups is 1. The van der Waals surface area contributed by atoms with Crippen molar-refractivity contribution in [1.82, 2.24) is 20.5 Å². The van der Waals surface area contributed by atoms with Crippen molar-refractivity contribution in [2.24, 2.45) is 4.99 Å². The van der Waals surface area contributed by atoms with Gasteiger partial charge in [-0.25, -0.2) is 4.98 Å². The standard InChI is InChI=1S/C19H29N5OS/c1-15-23-17(14-26-15)8-9-21-19(20-2)22-13-16-6-5-7-18(12-16)25-11-10-24(3)4/h5-7,12,14H,8-11,13H2,1-4H3,(H2,20,21,22). The van der Waals surface area contributed by atoms with Crippen molar-refractivity contribution in [2.45, 2.75) is 19.9 Å². The summed E-state index contributed by atoms with van der Waals surface area (Å²) in [5, 5.41) is 9.87. The molecule has 0 amide bonds. The SMILES string of the molecule is CN=C(NCCc1csc(C)n1)NCc1cccc(OCCN(C)C)c1. The average molecular weight is 376 g/mol. The molecule has 26 heavy (non-hydrogen) atoms. The number of benzene rings is 1. The lowest BCUT2D eigenvalue weighted by Crippen LogP contribution is -2.37. The molecule has 2 rings (SSSR count). The molecule has 2 aromatic rings. The van der Waals surface area contributed by atoms with Gasteiger partial charge < -0.3 is 20.3 Å². The first-order chi connectivity index (χ1) is 12.6. The third kappa shape index (κ3) is 7.41. The van der Waals surface area contributed by atoms with Gasteiger partial charge in [0.1, 0.15) is 12.4 Å². The molecule has 0 aliphatic carbocycles. The molecule has 6 nitrogen and oxygen atoms in total. The molecule has 0 bridgehead atoms. The van der Waals surface area contributed by atoms with Crippen molar-refractivity contribution in [2.75, 3.05) is 40.8 Å². The van der Waals surface area contributed by atoms with E-state index in [1.807, 2.05) is 33.2 Å². The number of hydrogen-bond donors (Lipinski definition) is 2. The van der Waals surface area contributed by atoms with Crippen LogP contribution in [0.15, 0.2) is 34.6 Å². The van der Waals surface area contributed by atoms with Gasteiger partial charge in [-0.3, -0.25) is 4.99 Å². The number of ether oxygens (including phenoxy) is 1. The van der Waals surface area contributed by atoms with E-state index in [1.165, 1.54) is 0 Å². The Morgan fingerprint density at radius 3 is 2.85 bits per heavy atom. The molecule has 1 aromatic heterocycles. The predicted molar refractivity (Wildman–Crippen MR) is 109 cm³/mol. The van der Waals surface area contributed by atoms with E-state index in [0.29, 0.717) is 13.2 Å². The van der Waals surface area contributed by atoms with E-state index in [0.717, 1.165) is 47.5 Å². The Bertz CT molecular complexity index is 699. The number of rotatable bonds is 9. The third-order valence-electron chi connectivity index (χ3n) is 3.73. The Kier molecular flexibility index (Phi) is 8.37. The average Bonchev–Trinajstić information content (AvgIpc) is 3.03. The van der Waals surface area contributed by atoms with Gasteiger partial charge in [0.05, 0.1) is 10.7 Å². The maximum Gasteiger partial charge on any atom is 0.191 e. The maximum atomic E-state index is 5.79. The van der Waals surface area contributed by atoms with Crippen LogP contribution in [-0.2, 0) is 13.0 Å². The molecular formula is C19H29N5OS. The minimum Gasteiger partial charge on any atom is -0.492 e. The monoisotopic (exact) mass is 375 g/mol. The molecule has 0 aliphatic heterocycles. The molecule has 7 heteroatoms. The molecule has 0 radical (unpaired) electrons. The molecule has 0 spiro atoms. The van der Waals surface area contributed by atoms with Crippen LogP contribution in [0, 0.1) is 6.92 Å². The van der Waals surface area contributed by atoms with Crippen molar-refractivity contribution in [3.8, 4) is 5.75 Å². The number of likely N-dealkylation sites (N-methyl/N-ethyl adjacent to an activating group) is 1. The third-order valence-corrected chi connectivity index (χ3v) is 4.55. The lowest BCUT2D eigenvalue weighted by Gasteiger charge is -2.13. The number of thiazole rings is 1. The zero-order chi connectivity index (χ0) is 18.8. The number of aromatic nitrogens is 1. The fourth-order valence-corrected chi connectivity index (χ4v) is 2.98. The highest BCUT2D eigenvalue weighted by Crippen LogP contribution is 2.13. The summed E-state index contributed by atoms with van der Waals surface area (Å²) in [4.78, 5) is 10.8. The molecule has 0 aliphatic rings. The van der Waals surface area contributed by atoms with Gasteiger partial charge in [-0.05, 0) is 38.7 Å². The van der Waals surface area contributed by atoms with E-state index in [1.54, 1.807) is 18.4 Å². The van der Waals surface area contributed by atoms with E-state index >= 15 is 0 Å². The highest BCUT2D eigenvalue weighted by molar-refractivity contribution is 7.09. The van der Waals surface area contributed by atoms with Gasteiger partial charge in [0.2, 0.25) is 0 Å². The minimum absolute atomic E-state index is 0.684. The Balaban J connectivity index is 1.75. The van der Waals surface area contributed by atoms with E-state index in [4.69, 9.17) is 4.74 Å². The summed E-state index contributed by atoms with van der Waals surface area (Å²) in [6.07, 6.45) is 0.889. The topological polar surface area (TPSA) is 61.8 Å². The fourth-order valence-electron chi connectivity index (χ4n) is 2.33. The van der Waals surface area contributed by atoms with Crippen LogP contribution < -0.4 is 15.4 Å². The van der Waals surface area contributed by atoms with Gasteiger partial charge in [0, 0.05) is 38.5 Å². The second kappa shape index (κ2) is 10.8. The molecular weight excluding hydrogens is 346 g/mol. The summed E-state index contributed by atoms with van der Waals surface area (Å²) in [5.41, 5.74) is 2.28. The Hall–Kier alpha value is -2.12. The van der Waals surface area contributed by atoms with Crippen LogP contribution in [0.25, 0.3) is 0 Å². The van der Waals surface area contributed by atoms with Crippen LogP contribution in [0.2, 0.25) is 0 Å². The first-order valence-electron chi connectivity index (χ1n) is 8.79. The Morgan fingerprint density at radius 1 is 1.31 bits per heavy atom. The quantitative estimate of drug-likeness (QED) is 0.520. The number of nitrogens with zero attached hydrogens (tertiary/aromatic N) is 3. The van der Waals surface area contributed by atoms with Gasteiger partial charge in [-0.2, -0.15) is 0 Å². The highest BCUT2D eigenvalue weighted by atomic mass is 32.1. The molecule has 0 fully saturated rings. The summed E-state index contributed by atoms with van der Waals surface area (Å²) in [7, 11) is 5.86. The zero-order valence-corrected chi connectivity index (χ0v) is 16.9. The number of hydrogen-bond acceptors (Lipinski definition) is 5. The minimum atomic E-state index is 0.684. The van der Waals surface area contributed by atoms with Crippen molar-refractivity contribution < 1.29 is 4.74 Å². The highest BCUT2D eigenvalue weighted by Gasteiger charge is 2.02. The van der Waals surface area contributed by atoms with E-state index < -0.39 is 0 Å². The van der Waals surface area contributed by atoms with Gasteiger partial charge in [0.25, 0.3) is 0 Å². The summed E-state index contributed by atoms with van der Waals surface area (Å²) in [6.45, 7) is 5.11. The summed E-state index contributed by atoms with van der Waals surface area (Å²) < 4.78 is 5.79. The van der Waals surface area contributed by atoms with Crippen LogP contribution in [0.4, 0.5) is 0 Å². The van der Waals surface area contributed by atoms with Crippen molar-refractivity contribution in [3.05, 3.63) is 45.9 Å². The fraction of sp³-hybridized carbons (Fsp3) is 0.474. The Labute approximate surface area is 160 Å². The largest absolute Gasteiger partial charge is 0.492 e. The number of aryl methyl sites for hydroxylation is 1. The van der Waals surface area contributed by atoms with E-state index in [2.05, 4.69) is 43.0 Å². The second-order valence-corrected chi connectivity index (χ2v) is 7.32. The molecule has 0 saturated carbocycles. The van der Waals surface area contributed by atoms with Crippen LogP contribution in [0.5, 0.6) is 5.75 Å². The molecule has 2 N–H and O–H groups in total. The number of guanidine groups is 1. The maximum absolute atomic E-state index is 5.79. The predicted octanol–water partition coefficient (Wildman–Crippen LogP) is 2.30. The molecule has 0 unspecified atom stereocenters. The lowest BCUT2D eigenvalue weighted by molar-refractivity contribution is 0.261. The van der Waals surface area contributed by atoms with Crippen LogP contribution in [-0.4, -0.2) is 56.7 Å². The van der Waals surface area contributed by atoms with Gasteiger partial charge in [-0.1, -0.05) is 12.1 Å².